The monoisotopic (exact) mass is 724 g/mol. The largest absolute Gasteiger partial charge is 0.309 e. The van der Waals surface area contributed by atoms with Crippen LogP contribution in [0.5, 0.6) is 0 Å². The van der Waals surface area contributed by atoms with E-state index in [9.17, 15) is 15.8 Å². The smallest absolute Gasteiger partial charge is 0.101 e. The Kier molecular flexibility index (Phi) is 6.95. The number of hydrogen-bond donors (Lipinski definition) is 0. The first-order valence-electron chi connectivity index (χ1n) is 18.7. The zero-order valence-corrected chi connectivity index (χ0v) is 30.3. The van der Waals surface area contributed by atoms with Crippen molar-refractivity contribution in [1.29, 1.82) is 15.8 Å². The van der Waals surface area contributed by atoms with E-state index in [1.807, 2.05) is 72.8 Å². The Morgan fingerprint density at radius 1 is 0.333 bits per heavy atom. The Morgan fingerprint density at radius 3 is 1.46 bits per heavy atom. The van der Waals surface area contributed by atoms with E-state index in [2.05, 4.69) is 129 Å². The summed E-state index contributed by atoms with van der Waals surface area (Å²) in [6, 6.07) is 64.7. The number of fused-ring (bicyclic) bond motifs is 9. The maximum absolute atomic E-state index is 10.8. The average Bonchev–Trinajstić information content (AvgIpc) is 3.91. The molecule has 0 bridgehead atoms. The molecule has 6 heteroatoms. The van der Waals surface area contributed by atoms with Crippen molar-refractivity contribution < 1.29 is 0 Å². The van der Waals surface area contributed by atoms with Gasteiger partial charge in [-0.25, -0.2) is 0 Å². The van der Waals surface area contributed by atoms with Crippen LogP contribution in [0.1, 0.15) is 16.7 Å². The van der Waals surface area contributed by atoms with E-state index in [0.717, 1.165) is 77.1 Å². The lowest BCUT2D eigenvalue weighted by molar-refractivity contribution is 1.15. The van der Waals surface area contributed by atoms with Crippen LogP contribution in [0.4, 0.5) is 0 Å². The highest BCUT2D eigenvalue weighted by Gasteiger charge is 2.22. The molecule has 0 saturated heterocycles. The predicted octanol–water partition coefficient (Wildman–Crippen LogP) is 12.3. The predicted molar refractivity (Wildman–Crippen MR) is 229 cm³/mol. The van der Waals surface area contributed by atoms with E-state index in [-0.39, 0.29) is 0 Å². The molecule has 0 spiro atoms. The summed E-state index contributed by atoms with van der Waals surface area (Å²) in [5.74, 6) is 0. The van der Waals surface area contributed by atoms with Gasteiger partial charge in [0, 0.05) is 49.3 Å². The Labute approximate surface area is 326 Å². The fraction of sp³-hybridized carbons (Fsp3) is 0. The lowest BCUT2D eigenvalue weighted by Gasteiger charge is -2.18. The highest BCUT2D eigenvalue weighted by atomic mass is 15.0. The van der Waals surface area contributed by atoms with Crippen molar-refractivity contribution in [2.24, 2.45) is 0 Å². The Hall–Kier alpha value is -8.37. The molecule has 3 heterocycles. The lowest BCUT2D eigenvalue weighted by Crippen LogP contribution is -2.03. The molecule has 11 aromatic rings. The molecule has 262 valence electrons. The molecule has 6 nitrogen and oxygen atoms in total. The van der Waals surface area contributed by atoms with Crippen LogP contribution < -0.4 is 0 Å². The van der Waals surface area contributed by atoms with E-state index in [1.165, 1.54) is 10.8 Å². The average molecular weight is 725 g/mol. The van der Waals surface area contributed by atoms with Crippen LogP contribution >= 0.6 is 0 Å². The minimum Gasteiger partial charge on any atom is -0.309 e. The van der Waals surface area contributed by atoms with Crippen LogP contribution in [-0.4, -0.2) is 13.7 Å². The number of rotatable bonds is 4. The molecule has 0 aliphatic heterocycles. The summed E-state index contributed by atoms with van der Waals surface area (Å²) in [4.78, 5) is 0. The topological polar surface area (TPSA) is 86.2 Å². The normalized spacial score (nSPS) is 11.5. The summed E-state index contributed by atoms with van der Waals surface area (Å²) >= 11 is 0. The van der Waals surface area contributed by atoms with Gasteiger partial charge in [0.1, 0.15) is 6.07 Å². The molecular formula is C51H28N6. The number of hydrogen-bond acceptors (Lipinski definition) is 3. The Morgan fingerprint density at radius 2 is 0.877 bits per heavy atom. The maximum Gasteiger partial charge on any atom is 0.101 e. The number of aromatic nitrogens is 3. The van der Waals surface area contributed by atoms with Gasteiger partial charge < -0.3 is 13.7 Å². The first kappa shape index (κ1) is 32.1. The van der Waals surface area contributed by atoms with Crippen molar-refractivity contribution in [3.8, 4) is 46.4 Å². The van der Waals surface area contributed by atoms with Gasteiger partial charge in [0.2, 0.25) is 0 Å². The molecule has 0 aliphatic rings. The van der Waals surface area contributed by atoms with Crippen molar-refractivity contribution >= 4 is 65.4 Å². The quantitative estimate of drug-likeness (QED) is 0.181. The van der Waals surface area contributed by atoms with Gasteiger partial charge in [-0.1, -0.05) is 91.0 Å². The van der Waals surface area contributed by atoms with Gasteiger partial charge in [-0.3, -0.25) is 0 Å². The Bertz CT molecular complexity index is 3520. The first-order chi connectivity index (χ1) is 28.1. The van der Waals surface area contributed by atoms with Crippen molar-refractivity contribution in [2.45, 2.75) is 0 Å². The molecule has 11 rings (SSSR count). The standard InChI is InChI=1S/C51H28N6/c52-29-32-20-23-49-44(26-32)43-22-21-36(55-45-16-5-1-11-39(45)40-12-2-6-17-46(40)55)28-50(43)57(49)51-34(31-54)10-9-15-38(51)35-24-33(30-53)25-37(27-35)56-47-18-7-3-13-41(47)42-14-4-8-19-48(42)56/h1-28H. The molecule has 0 saturated carbocycles. The van der Waals surface area contributed by atoms with Crippen LogP contribution in [0.2, 0.25) is 0 Å². The molecular weight excluding hydrogens is 697 g/mol. The summed E-state index contributed by atoms with van der Waals surface area (Å²) < 4.78 is 6.67. The van der Waals surface area contributed by atoms with E-state index >= 15 is 0 Å². The van der Waals surface area contributed by atoms with Gasteiger partial charge in [0.25, 0.3) is 0 Å². The minimum absolute atomic E-state index is 0.485. The molecule has 0 radical (unpaired) electrons. The van der Waals surface area contributed by atoms with E-state index in [4.69, 9.17) is 0 Å². The van der Waals surface area contributed by atoms with Crippen LogP contribution in [0.3, 0.4) is 0 Å². The lowest BCUT2D eigenvalue weighted by atomic mass is 9.97. The molecule has 0 atom stereocenters. The Balaban J connectivity index is 1.22. The second-order valence-electron chi connectivity index (χ2n) is 14.3. The molecule has 0 amide bonds. The molecule has 57 heavy (non-hydrogen) atoms. The highest BCUT2D eigenvalue weighted by Crippen LogP contribution is 2.41. The van der Waals surface area contributed by atoms with Gasteiger partial charge in [-0.15, -0.1) is 0 Å². The van der Waals surface area contributed by atoms with Gasteiger partial charge in [0.15, 0.2) is 0 Å². The third-order valence-corrected chi connectivity index (χ3v) is 11.3. The summed E-state index contributed by atoms with van der Waals surface area (Å²) in [5.41, 5.74) is 11.7. The fourth-order valence-corrected chi connectivity index (χ4v) is 8.93. The molecule has 0 N–H and O–H groups in total. The fourth-order valence-electron chi connectivity index (χ4n) is 8.93. The summed E-state index contributed by atoms with van der Waals surface area (Å²) in [6.07, 6.45) is 0. The second kappa shape index (κ2) is 12.3. The van der Waals surface area contributed by atoms with Crippen molar-refractivity contribution in [2.75, 3.05) is 0 Å². The summed E-state index contributed by atoms with van der Waals surface area (Å²) in [6.45, 7) is 0. The third-order valence-electron chi connectivity index (χ3n) is 11.3. The first-order valence-corrected chi connectivity index (χ1v) is 18.7. The molecule has 8 aromatic carbocycles. The maximum atomic E-state index is 10.8. The zero-order chi connectivity index (χ0) is 38.2. The van der Waals surface area contributed by atoms with Crippen LogP contribution in [0, 0.1) is 34.0 Å². The molecule has 0 aliphatic carbocycles. The SMILES string of the molecule is N#Cc1cc(-c2cccc(C#N)c2-n2c3ccc(C#N)cc3c3ccc(-n4c5ccccc5c5ccccc54)cc32)cc(-n2c3ccccc3c3ccccc32)c1. The second-order valence-corrected chi connectivity index (χ2v) is 14.3. The zero-order valence-electron chi connectivity index (χ0n) is 30.3. The molecule has 0 fully saturated rings. The van der Waals surface area contributed by atoms with Gasteiger partial charge in [-0.05, 0) is 84.4 Å². The van der Waals surface area contributed by atoms with Crippen LogP contribution in [-0.2, 0) is 0 Å². The summed E-state index contributed by atoms with van der Waals surface area (Å²) in [5, 5.41) is 37.8. The number of nitriles is 3. The minimum atomic E-state index is 0.485. The van der Waals surface area contributed by atoms with Crippen molar-refractivity contribution in [1.82, 2.24) is 13.7 Å². The van der Waals surface area contributed by atoms with Gasteiger partial charge >= 0.3 is 0 Å². The number of para-hydroxylation sites is 5. The van der Waals surface area contributed by atoms with E-state index < -0.39 is 0 Å². The number of benzene rings is 8. The van der Waals surface area contributed by atoms with Crippen molar-refractivity contribution in [3.05, 3.63) is 187 Å². The van der Waals surface area contributed by atoms with E-state index in [0.29, 0.717) is 22.4 Å². The molecule has 3 aromatic heterocycles. The highest BCUT2D eigenvalue weighted by molar-refractivity contribution is 6.13. The van der Waals surface area contributed by atoms with E-state index in [1.54, 1.807) is 0 Å². The van der Waals surface area contributed by atoms with Crippen LogP contribution in [0.25, 0.3) is 93.6 Å². The molecule has 0 unspecified atom stereocenters. The van der Waals surface area contributed by atoms with Gasteiger partial charge in [-0.2, -0.15) is 15.8 Å². The van der Waals surface area contributed by atoms with Crippen LogP contribution in [0.15, 0.2) is 170 Å². The number of nitrogens with zero attached hydrogens (tertiary/aromatic N) is 6. The van der Waals surface area contributed by atoms with Crippen molar-refractivity contribution in [3.63, 3.8) is 0 Å². The third kappa shape index (κ3) is 4.68. The van der Waals surface area contributed by atoms with Gasteiger partial charge in [0.05, 0.1) is 67.6 Å². The summed E-state index contributed by atoms with van der Waals surface area (Å²) in [7, 11) is 0.